The Kier molecular flexibility index (Phi) is 6.62. The summed E-state index contributed by atoms with van der Waals surface area (Å²) in [5, 5.41) is 14.5. The summed E-state index contributed by atoms with van der Waals surface area (Å²) >= 11 is 0. The zero-order valence-corrected chi connectivity index (χ0v) is 18.2. The van der Waals surface area contributed by atoms with Gasteiger partial charge in [-0.25, -0.2) is 22.9 Å². The van der Waals surface area contributed by atoms with Crippen LogP contribution in [-0.4, -0.2) is 39.3 Å². The molecule has 0 aliphatic carbocycles. The fourth-order valence-electron chi connectivity index (χ4n) is 3.50. The van der Waals surface area contributed by atoms with E-state index < -0.39 is 57.6 Å². The Labute approximate surface area is 186 Å². The van der Waals surface area contributed by atoms with Crippen molar-refractivity contribution >= 4 is 27.3 Å². The molecule has 0 bridgehead atoms. The molecular formula is C19H21F5N6O2S. The van der Waals surface area contributed by atoms with Crippen LogP contribution in [0.4, 0.5) is 33.5 Å². The van der Waals surface area contributed by atoms with Crippen molar-refractivity contribution in [2.75, 3.05) is 23.3 Å². The van der Waals surface area contributed by atoms with Crippen LogP contribution in [0.3, 0.4) is 0 Å². The number of hydrogen-bond donors (Lipinski definition) is 3. The number of nitrogens with two attached hydrogens (primary N) is 1. The summed E-state index contributed by atoms with van der Waals surface area (Å²) < 4.78 is 87.1. The van der Waals surface area contributed by atoms with Crippen molar-refractivity contribution in [3.63, 3.8) is 0 Å². The highest BCUT2D eigenvalue weighted by molar-refractivity contribution is 7.90. The maximum Gasteiger partial charge on any atom is 0.435 e. The summed E-state index contributed by atoms with van der Waals surface area (Å²) in [6.45, 7) is 0.879. The molecule has 0 radical (unpaired) electrons. The van der Waals surface area contributed by atoms with Crippen LogP contribution in [-0.2, 0) is 16.1 Å². The van der Waals surface area contributed by atoms with Crippen LogP contribution in [0.2, 0.25) is 0 Å². The summed E-state index contributed by atoms with van der Waals surface area (Å²) in [6.07, 6.45) is -5.79. The number of nitrogens with zero attached hydrogens (tertiary/aromatic N) is 3. The Balaban J connectivity index is 2.05. The zero-order chi connectivity index (χ0) is 24.6. The maximum atomic E-state index is 13.8. The maximum absolute atomic E-state index is 13.8. The van der Waals surface area contributed by atoms with Crippen LogP contribution in [0.25, 0.3) is 0 Å². The molecule has 3 rings (SSSR count). The van der Waals surface area contributed by atoms with Gasteiger partial charge < -0.3 is 10.2 Å². The Morgan fingerprint density at radius 1 is 1.24 bits per heavy atom. The van der Waals surface area contributed by atoms with Gasteiger partial charge in [0, 0.05) is 31.6 Å². The second kappa shape index (κ2) is 8.82. The number of halogens is 5. The highest BCUT2D eigenvalue weighted by Crippen LogP contribution is 2.36. The van der Waals surface area contributed by atoms with E-state index in [0.717, 1.165) is 13.0 Å². The molecule has 1 aliphatic rings. The smallest absolute Gasteiger partial charge is 0.354 e. The van der Waals surface area contributed by atoms with Gasteiger partial charge in [-0.1, -0.05) is 6.07 Å². The molecule has 180 valence electrons. The highest BCUT2D eigenvalue weighted by Gasteiger charge is 2.39. The molecule has 1 aliphatic heterocycles. The van der Waals surface area contributed by atoms with Crippen LogP contribution in [0, 0.1) is 11.7 Å². The second-order valence-electron chi connectivity index (χ2n) is 7.65. The summed E-state index contributed by atoms with van der Waals surface area (Å²) in [7, 11) is -3.60. The van der Waals surface area contributed by atoms with Crippen molar-refractivity contribution in [1.29, 1.82) is 4.78 Å². The van der Waals surface area contributed by atoms with Gasteiger partial charge in [0.1, 0.15) is 9.92 Å². The molecule has 1 unspecified atom stereocenters. The Morgan fingerprint density at radius 2 is 1.94 bits per heavy atom. The third-order valence-corrected chi connectivity index (χ3v) is 6.11. The number of aromatic nitrogens is 2. The lowest BCUT2D eigenvalue weighted by Crippen LogP contribution is -2.31. The molecule has 2 aromatic rings. The van der Waals surface area contributed by atoms with E-state index in [1.54, 1.807) is 0 Å². The Morgan fingerprint density at radius 3 is 2.58 bits per heavy atom. The van der Waals surface area contributed by atoms with Gasteiger partial charge in [-0.15, -0.1) is 10.2 Å². The highest BCUT2D eigenvalue weighted by atomic mass is 32.2. The fourth-order valence-corrected chi connectivity index (χ4v) is 4.09. The summed E-state index contributed by atoms with van der Waals surface area (Å²) in [5.41, 5.74) is -2.32. The predicted molar refractivity (Wildman–Crippen MR) is 110 cm³/mol. The molecule has 1 saturated heterocycles. The van der Waals surface area contributed by atoms with E-state index in [0.29, 0.717) is 0 Å². The first kappa shape index (κ1) is 24.8. The van der Waals surface area contributed by atoms with Gasteiger partial charge in [0.2, 0.25) is 5.92 Å². The van der Waals surface area contributed by atoms with E-state index in [-0.39, 0.29) is 35.9 Å². The first-order chi connectivity index (χ1) is 15.2. The van der Waals surface area contributed by atoms with Crippen LogP contribution in [0.1, 0.15) is 40.9 Å². The Hall–Kier alpha value is -2.87. The minimum atomic E-state index is -4.90. The molecule has 4 N–H and O–H groups in total. The standard InChI is InChI=1S/C19H21F5N6O2S/c1-11-14(17(31)27-12-4-2-5-13(10-12)33(25,26)32)16(29-28-15(11)19(22,23)24)30-8-3-6-18(20,21)7-9-30/h2,4-5,10H,3,6-9H2,1H3,(H,27,31)(H3,25,26,32). The Bertz CT molecular complexity index is 1170. The summed E-state index contributed by atoms with van der Waals surface area (Å²) in [4.78, 5) is 14.3. The molecule has 1 amide bonds. The van der Waals surface area contributed by atoms with Crippen molar-refractivity contribution < 1.29 is 31.0 Å². The normalized spacial score (nSPS) is 18.3. The van der Waals surface area contributed by atoms with Crippen LogP contribution < -0.4 is 15.4 Å². The number of hydrogen-bond acceptors (Lipinski definition) is 6. The molecule has 14 heteroatoms. The van der Waals surface area contributed by atoms with E-state index in [1.165, 1.54) is 23.1 Å². The molecule has 33 heavy (non-hydrogen) atoms. The summed E-state index contributed by atoms with van der Waals surface area (Å²) in [5.74, 6) is -4.17. The second-order valence-corrected chi connectivity index (χ2v) is 9.32. The first-order valence-electron chi connectivity index (χ1n) is 9.74. The molecule has 8 nitrogen and oxygen atoms in total. The molecule has 0 spiro atoms. The number of amides is 1. The molecular weight excluding hydrogens is 471 g/mol. The third kappa shape index (κ3) is 5.74. The molecule has 2 heterocycles. The number of nitrogens with one attached hydrogen (secondary N) is 2. The molecule has 1 fully saturated rings. The average Bonchev–Trinajstić information content (AvgIpc) is 2.86. The minimum Gasteiger partial charge on any atom is -0.354 e. The van der Waals surface area contributed by atoms with Gasteiger partial charge in [0.25, 0.3) is 5.91 Å². The fraction of sp³-hybridized carbons (Fsp3) is 0.421. The summed E-state index contributed by atoms with van der Waals surface area (Å²) in [6, 6.07) is 5.19. The number of carbonyl (C=O) groups is 1. The number of rotatable bonds is 4. The zero-order valence-electron chi connectivity index (χ0n) is 17.4. The topological polar surface area (TPSA) is 125 Å². The van der Waals surface area contributed by atoms with Gasteiger partial charge in [0.05, 0.1) is 10.5 Å². The lowest BCUT2D eigenvalue weighted by molar-refractivity contribution is -0.142. The minimum absolute atomic E-state index is 0.0287. The lowest BCUT2D eigenvalue weighted by atomic mass is 10.1. The van der Waals surface area contributed by atoms with Crippen molar-refractivity contribution in [2.24, 2.45) is 5.14 Å². The van der Waals surface area contributed by atoms with Crippen LogP contribution >= 0.6 is 0 Å². The average molecular weight is 492 g/mol. The molecule has 1 aromatic carbocycles. The molecule has 0 saturated carbocycles. The first-order valence-corrected chi connectivity index (χ1v) is 11.4. The van der Waals surface area contributed by atoms with Crippen molar-refractivity contribution in [3.05, 3.63) is 41.1 Å². The van der Waals surface area contributed by atoms with Gasteiger partial charge in [-0.3, -0.25) is 4.79 Å². The van der Waals surface area contributed by atoms with Gasteiger partial charge >= 0.3 is 6.18 Å². The monoisotopic (exact) mass is 492 g/mol. The molecule has 1 aromatic heterocycles. The van der Waals surface area contributed by atoms with Gasteiger partial charge in [-0.05, 0) is 37.1 Å². The van der Waals surface area contributed by atoms with Crippen molar-refractivity contribution in [3.8, 4) is 0 Å². The number of benzene rings is 1. The molecule has 1 atom stereocenters. The van der Waals surface area contributed by atoms with E-state index in [2.05, 4.69) is 15.5 Å². The largest absolute Gasteiger partial charge is 0.435 e. The van der Waals surface area contributed by atoms with Crippen LogP contribution in [0.15, 0.2) is 29.2 Å². The third-order valence-electron chi connectivity index (χ3n) is 5.15. The predicted octanol–water partition coefficient (Wildman–Crippen LogP) is 3.96. The van der Waals surface area contributed by atoms with Crippen molar-refractivity contribution in [1.82, 2.24) is 10.2 Å². The van der Waals surface area contributed by atoms with E-state index in [1.807, 2.05) is 0 Å². The van der Waals surface area contributed by atoms with Gasteiger partial charge in [0.15, 0.2) is 11.5 Å². The number of alkyl halides is 5. The van der Waals surface area contributed by atoms with Gasteiger partial charge in [-0.2, -0.15) is 13.2 Å². The number of carbonyl (C=O) groups excluding carboxylic acids is 1. The van der Waals surface area contributed by atoms with E-state index >= 15 is 0 Å². The van der Waals surface area contributed by atoms with Crippen LogP contribution in [0.5, 0.6) is 0 Å². The SMILES string of the molecule is Cc1c(C(F)(F)F)nnc(N2CCCC(F)(F)CC2)c1C(=O)Nc1cccc(S(=N)(N)=O)c1. The number of anilines is 2. The lowest BCUT2D eigenvalue weighted by Gasteiger charge is -2.25. The van der Waals surface area contributed by atoms with E-state index in [9.17, 15) is 31.0 Å². The van der Waals surface area contributed by atoms with E-state index in [4.69, 9.17) is 9.92 Å². The quantitative estimate of drug-likeness (QED) is 0.557. The van der Waals surface area contributed by atoms with Crippen molar-refractivity contribution in [2.45, 2.75) is 43.2 Å².